The second kappa shape index (κ2) is 9.46. The number of halogens is 1. The van der Waals surface area contributed by atoms with Crippen LogP contribution >= 0.6 is 15.9 Å². The van der Waals surface area contributed by atoms with E-state index in [4.69, 9.17) is 9.47 Å². The van der Waals surface area contributed by atoms with E-state index in [1.54, 1.807) is 30.5 Å². The number of rotatable bonds is 6. The van der Waals surface area contributed by atoms with E-state index in [0.717, 1.165) is 10.0 Å². The number of methoxy groups -OCH3 is 1. The maximum atomic E-state index is 12.3. The summed E-state index contributed by atoms with van der Waals surface area (Å²) in [5, 5.41) is 0. The molecule has 0 amide bonds. The number of carbonyl (C=O) groups excluding carboxylic acids is 2. The summed E-state index contributed by atoms with van der Waals surface area (Å²) in [5.74, 6) is -0.442. The highest BCUT2D eigenvalue weighted by atomic mass is 79.9. The Bertz CT molecular complexity index is 844. The Labute approximate surface area is 167 Å². The van der Waals surface area contributed by atoms with E-state index in [1.807, 2.05) is 39.0 Å². The monoisotopic (exact) mass is 431 g/mol. The van der Waals surface area contributed by atoms with Gasteiger partial charge in [-0.15, -0.1) is 0 Å². The largest absolute Gasteiger partial charge is 0.467 e. The maximum absolute atomic E-state index is 12.3. The molecular formula is C21H22BrNO4. The summed E-state index contributed by atoms with van der Waals surface area (Å²) in [4.78, 5) is 28.5. The molecule has 0 heterocycles. The lowest BCUT2D eigenvalue weighted by Crippen LogP contribution is -2.26. The highest BCUT2D eigenvalue weighted by Gasteiger charge is 2.21. The molecule has 6 heteroatoms. The summed E-state index contributed by atoms with van der Waals surface area (Å²) in [5.41, 5.74) is 2.24. The molecule has 0 aliphatic heterocycles. The van der Waals surface area contributed by atoms with Crippen LogP contribution in [0.3, 0.4) is 0 Å². The van der Waals surface area contributed by atoms with Gasteiger partial charge in [0.2, 0.25) is 0 Å². The van der Waals surface area contributed by atoms with E-state index in [-0.39, 0.29) is 11.9 Å². The number of aryl methyl sites for hydroxylation is 1. The third-order valence-corrected chi connectivity index (χ3v) is 4.31. The van der Waals surface area contributed by atoms with Crippen molar-refractivity contribution in [1.29, 1.82) is 0 Å². The number of ether oxygens (including phenoxy) is 2. The Morgan fingerprint density at radius 1 is 1.11 bits per heavy atom. The minimum absolute atomic E-state index is 0.000288. The van der Waals surface area contributed by atoms with Gasteiger partial charge in [-0.1, -0.05) is 47.5 Å². The average Bonchev–Trinajstić information content (AvgIpc) is 2.61. The second-order valence-electron chi connectivity index (χ2n) is 6.47. The molecule has 0 N–H and O–H groups in total. The van der Waals surface area contributed by atoms with Crippen LogP contribution in [0.15, 0.2) is 51.9 Å². The van der Waals surface area contributed by atoms with Crippen molar-refractivity contribution < 1.29 is 19.1 Å². The quantitative estimate of drug-likeness (QED) is 0.381. The van der Waals surface area contributed by atoms with Crippen LogP contribution in [0.4, 0.5) is 0 Å². The van der Waals surface area contributed by atoms with E-state index in [9.17, 15) is 9.59 Å². The Morgan fingerprint density at radius 2 is 1.78 bits per heavy atom. The molecule has 142 valence electrons. The molecule has 2 aromatic carbocycles. The number of nitrogens with zero attached hydrogens (tertiary/aromatic N) is 1. The van der Waals surface area contributed by atoms with Crippen LogP contribution in [0.5, 0.6) is 5.75 Å². The van der Waals surface area contributed by atoms with Crippen molar-refractivity contribution in [3.63, 3.8) is 0 Å². The van der Waals surface area contributed by atoms with Gasteiger partial charge in [-0.2, -0.15) is 0 Å². The molecule has 0 spiro atoms. The highest BCUT2D eigenvalue weighted by Crippen LogP contribution is 2.22. The first-order valence-electron chi connectivity index (χ1n) is 8.50. The standard InChI is InChI=1S/C21H22BrNO4/c1-13(2)19(21(25)26-4)23-12-15-9-17(22)11-18(10-15)27-20(24)16-7-5-14(3)6-8-16/h5-13,19H,1-4H3. The highest BCUT2D eigenvalue weighted by molar-refractivity contribution is 9.10. The molecule has 0 bridgehead atoms. The zero-order chi connectivity index (χ0) is 20.0. The van der Waals surface area contributed by atoms with E-state index in [2.05, 4.69) is 20.9 Å². The van der Waals surface area contributed by atoms with Gasteiger partial charge in [-0.05, 0) is 48.7 Å². The minimum atomic E-state index is -0.590. The topological polar surface area (TPSA) is 65.0 Å². The average molecular weight is 432 g/mol. The van der Waals surface area contributed by atoms with E-state index < -0.39 is 12.0 Å². The SMILES string of the molecule is COC(=O)C(N=Cc1cc(Br)cc(OC(=O)c2ccc(C)cc2)c1)C(C)C. The van der Waals surface area contributed by atoms with Gasteiger partial charge in [0.05, 0.1) is 12.7 Å². The van der Waals surface area contributed by atoms with Crippen molar-refractivity contribution in [3.05, 3.63) is 63.6 Å². The zero-order valence-electron chi connectivity index (χ0n) is 15.7. The van der Waals surface area contributed by atoms with Crippen LogP contribution in [-0.2, 0) is 9.53 Å². The summed E-state index contributed by atoms with van der Waals surface area (Å²) in [6.45, 7) is 5.75. The Morgan fingerprint density at radius 3 is 2.37 bits per heavy atom. The number of benzene rings is 2. The predicted molar refractivity (Wildman–Crippen MR) is 109 cm³/mol. The summed E-state index contributed by atoms with van der Waals surface area (Å²) in [7, 11) is 1.34. The molecule has 0 aromatic heterocycles. The van der Waals surface area contributed by atoms with Crippen LogP contribution in [0.25, 0.3) is 0 Å². The molecule has 0 radical (unpaired) electrons. The van der Waals surface area contributed by atoms with Crippen molar-refractivity contribution in [1.82, 2.24) is 0 Å². The van der Waals surface area contributed by atoms with Crippen LogP contribution in [0.1, 0.15) is 35.3 Å². The van der Waals surface area contributed by atoms with Gasteiger partial charge >= 0.3 is 11.9 Å². The van der Waals surface area contributed by atoms with Crippen LogP contribution < -0.4 is 4.74 Å². The Kier molecular flexibility index (Phi) is 7.30. The molecule has 1 atom stereocenters. The summed E-state index contributed by atoms with van der Waals surface area (Å²) in [6, 6.07) is 11.8. The summed E-state index contributed by atoms with van der Waals surface area (Å²) in [6.07, 6.45) is 1.58. The number of hydrogen-bond donors (Lipinski definition) is 0. The summed E-state index contributed by atoms with van der Waals surface area (Å²) >= 11 is 3.40. The second-order valence-corrected chi connectivity index (χ2v) is 7.38. The van der Waals surface area contributed by atoms with Gasteiger partial charge in [0.1, 0.15) is 11.8 Å². The molecule has 2 aromatic rings. The third kappa shape index (κ3) is 6.03. The molecule has 0 aliphatic rings. The van der Waals surface area contributed by atoms with Gasteiger partial charge in [0, 0.05) is 10.7 Å². The zero-order valence-corrected chi connectivity index (χ0v) is 17.3. The fourth-order valence-corrected chi connectivity index (χ4v) is 2.86. The Hall–Kier alpha value is -2.47. The van der Waals surface area contributed by atoms with Gasteiger partial charge in [0.25, 0.3) is 0 Å². The molecule has 27 heavy (non-hydrogen) atoms. The molecule has 0 saturated carbocycles. The first-order valence-corrected chi connectivity index (χ1v) is 9.30. The van der Waals surface area contributed by atoms with E-state index in [0.29, 0.717) is 16.9 Å². The van der Waals surface area contributed by atoms with Crippen molar-refractivity contribution in [2.75, 3.05) is 7.11 Å². The predicted octanol–water partition coefficient (Wildman–Crippen LogP) is 4.59. The van der Waals surface area contributed by atoms with E-state index in [1.165, 1.54) is 7.11 Å². The molecule has 0 fully saturated rings. The first kappa shape index (κ1) is 20.8. The Balaban J connectivity index is 2.20. The number of esters is 2. The number of aliphatic imine (C=N–C) groups is 1. The van der Waals surface area contributed by atoms with Gasteiger partial charge in [-0.25, -0.2) is 9.59 Å². The van der Waals surface area contributed by atoms with Crippen molar-refractivity contribution >= 4 is 34.1 Å². The van der Waals surface area contributed by atoms with Gasteiger partial charge in [-0.3, -0.25) is 4.99 Å². The molecule has 0 aliphatic carbocycles. The number of hydrogen-bond acceptors (Lipinski definition) is 5. The minimum Gasteiger partial charge on any atom is -0.467 e. The van der Waals surface area contributed by atoms with Crippen LogP contribution in [0.2, 0.25) is 0 Å². The van der Waals surface area contributed by atoms with E-state index >= 15 is 0 Å². The lowest BCUT2D eigenvalue weighted by atomic mass is 10.1. The van der Waals surface area contributed by atoms with Crippen molar-refractivity contribution in [2.45, 2.75) is 26.8 Å². The fraction of sp³-hybridized carbons (Fsp3) is 0.286. The maximum Gasteiger partial charge on any atom is 0.343 e. The third-order valence-electron chi connectivity index (χ3n) is 3.85. The van der Waals surface area contributed by atoms with Crippen LogP contribution in [-0.4, -0.2) is 31.3 Å². The fourth-order valence-electron chi connectivity index (χ4n) is 2.37. The van der Waals surface area contributed by atoms with Crippen LogP contribution in [0, 0.1) is 12.8 Å². The normalized spacial score (nSPS) is 12.2. The van der Waals surface area contributed by atoms with Gasteiger partial charge in [0.15, 0.2) is 0 Å². The smallest absolute Gasteiger partial charge is 0.343 e. The first-order chi connectivity index (χ1) is 12.8. The molecule has 2 rings (SSSR count). The molecule has 0 saturated heterocycles. The van der Waals surface area contributed by atoms with Gasteiger partial charge < -0.3 is 9.47 Å². The summed E-state index contributed by atoms with van der Waals surface area (Å²) < 4.78 is 11.0. The van der Waals surface area contributed by atoms with Crippen molar-refractivity contribution in [2.24, 2.45) is 10.9 Å². The molecule has 5 nitrogen and oxygen atoms in total. The lowest BCUT2D eigenvalue weighted by molar-refractivity contribution is -0.143. The number of carbonyl (C=O) groups is 2. The molecule has 1 unspecified atom stereocenters. The lowest BCUT2D eigenvalue weighted by Gasteiger charge is -2.13. The molecular weight excluding hydrogens is 410 g/mol. The van der Waals surface area contributed by atoms with Crippen molar-refractivity contribution in [3.8, 4) is 5.75 Å².